The largest absolute Gasteiger partial charge is 0.466 e. The van der Waals surface area contributed by atoms with Crippen molar-refractivity contribution in [2.45, 2.75) is 58.7 Å². The Morgan fingerprint density at radius 2 is 1.82 bits per heavy atom. The van der Waals surface area contributed by atoms with Gasteiger partial charge in [-0.05, 0) is 45.6 Å². The lowest BCUT2D eigenvalue weighted by Gasteiger charge is -2.35. The molecule has 180 valence electrons. The van der Waals surface area contributed by atoms with Crippen LogP contribution in [0.25, 0.3) is 0 Å². The van der Waals surface area contributed by atoms with Crippen LogP contribution in [-0.4, -0.2) is 52.6 Å². The van der Waals surface area contributed by atoms with Crippen LogP contribution in [0.3, 0.4) is 0 Å². The molecule has 1 aromatic carbocycles. The minimum absolute atomic E-state index is 0.148. The molecule has 1 aromatic rings. The molecule has 0 spiro atoms. The van der Waals surface area contributed by atoms with Crippen molar-refractivity contribution in [3.05, 3.63) is 48.0 Å². The zero-order chi connectivity index (χ0) is 24.3. The monoisotopic (exact) mass is 456 g/mol. The molecule has 2 N–H and O–H groups in total. The molecule has 0 unspecified atom stereocenters. The van der Waals surface area contributed by atoms with Crippen molar-refractivity contribution < 1.29 is 24.2 Å². The Hall–Kier alpha value is -2.67. The van der Waals surface area contributed by atoms with Gasteiger partial charge in [0, 0.05) is 11.5 Å². The van der Waals surface area contributed by atoms with Crippen molar-refractivity contribution >= 4 is 17.8 Å². The fourth-order valence-electron chi connectivity index (χ4n) is 5.20. The van der Waals surface area contributed by atoms with Crippen molar-refractivity contribution in [2.75, 3.05) is 13.2 Å². The molecule has 3 rings (SSSR count). The fourth-order valence-corrected chi connectivity index (χ4v) is 5.20. The number of rotatable bonds is 7. The van der Waals surface area contributed by atoms with Gasteiger partial charge in [-0.3, -0.25) is 14.4 Å². The first-order valence-corrected chi connectivity index (χ1v) is 11.8. The third-order valence-electron chi connectivity index (χ3n) is 6.54. The Morgan fingerprint density at radius 3 is 2.36 bits per heavy atom. The van der Waals surface area contributed by atoms with E-state index in [2.05, 4.69) is 5.32 Å². The smallest absolute Gasteiger partial charge is 0.310 e. The minimum atomic E-state index is -0.843. The van der Waals surface area contributed by atoms with Crippen LogP contribution in [0.2, 0.25) is 0 Å². The molecule has 0 bridgehead atoms. The van der Waals surface area contributed by atoms with Crippen molar-refractivity contribution in [3.8, 4) is 0 Å². The molecule has 0 saturated carbocycles. The van der Waals surface area contributed by atoms with Gasteiger partial charge in [-0.25, -0.2) is 0 Å². The number of amides is 2. The van der Waals surface area contributed by atoms with Crippen molar-refractivity contribution in [2.24, 2.45) is 23.7 Å². The van der Waals surface area contributed by atoms with Crippen molar-refractivity contribution in [1.82, 2.24) is 10.2 Å². The molecule has 6 atom stereocenters. The fraction of sp³-hybridized carbons (Fsp3) is 0.577. The number of carbonyl (C=O) groups is 3. The van der Waals surface area contributed by atoms with E-state index in [4.69, 9.17) is 4.74 Å². The number of hydrogen-bond donors (Lipinski definition) is 2. The van der Waals surface area contributed by atoms with Crippen LogP contribution in [0.1, 0.15) is 52.6 Å². The van der Waals surface area contributed by atoms with Gasteiger partial charge in [0.25, 0.3) is 0 Å². The molecule has 1 saturated heterocycles. The van der Waals surface area contributed by atoms with Gasteiger partial charge in [-0.2, -0.15) is 0 Å². The first kappa shape index (κ1) is 25.0. The van der Waals surface area contributed by atoms with Crippen LogP contribution in [-0.2, 0) is 19.1 Å². The predicted octanol–water partition coefficient (Wildman–Crippen LogP) is 2.85. The number of allylic oxidation sites excluding steroid dienone is 1. The van der Waals surface area contributed by atoms with Crippen LogP contribution >= 0.6 is 0 Å². The highest BCUT2D eigenvalue weighted by atomic mass is 16.5. The number of fused-ring (bicyclic) bond motifs is 1. The predicted molar refractivity (Wildman–Crippen MR) is 125 cm³/mol. The third kappa shape index (κ3) is 4.98. The topological polar surface area (TPSA) is 95.9 Å². The first-order chi connectivity index (χ1) is 15.6. The summed E-state index contributed by atoms with van der Waals surface area (Å²) in [6.07, 6.45) is 4.55. The van der Waals surface area contributed by atoms with E-state index in [0.29, 0.717) is 6.42 Å². The van der Waals surface area contributed by atoms with Gasteiger partial charge in [-0.1, -0.05) is 49.4 Å². The molecule has 7 nitrogen and oxygen atoms in total. The number of hydrogen-bond acceptors (Lipinski definition) is 5. The molecular weight excluding hydrogens is 420 g/mol. The molecule has 0 aromatic heterocycles. The number of carbonyl (C=O) groups excluding carboxylic acids is 3. The van der Waals surface area contributed by atoms with Crippen LogP contribution in [0, 0.1) is 23.7 Å². The number of likely N-dealkylation sites (tertiary alicyclic amines) is 1. The number of esters is 1. The van der Waals surface area contributed by atoms with E-state index >= 15 is 0 Å². The summed E-state index contributed by atoms with van der Waals surface area (Å²) in [6.45, 7) is 9.26. The standard InChI is InChI=1S/C26H36N2O5/c1-6-16-13-14-18-21(20(16)25(32)33-7-2)24(31)28(22(18)23(30)27-26(3,4)5)19(15-29)17-11-9-8-10-12-17/h8-14,16,18-22,29H,6-7,15H2,1-5H3,(H,27,30)/t16-,18+,19-,20-,21-,22+/m1/s1. The van der Waals surface area contributed by atoms with Gasteiger partial charge in [0.1, 0.15) is 6.04 Å². The second-order valence-corrected chi connectivity index (χ2v) is 9.88. The first-order valence-electron chi connectivity index (χ1n) is 11.8. The maximum Gasteiger partial charge on any atom is 0.310 e. The summed E-state index contributed by atoms with van der Waals surface area (Å²) >= 11 is 0. The van der Waals surface area contributed by atoms with E-state index in [1.54, 1.807) is 6.92 Å². The molecule has 1 aliphatic carbocycles. The summed E-state index contributed by atoms with van der Waals surface area (Å²) in [5.41, 5.74) is 0.236. The molecule has 1 aliphatic heterocycles. The van der Waals surface area contributed by atoms with Gasteiger partial charge in [0.05, 0.1) is 31.1 Å². The third-order valence-corrected chi connectivity index (χ3v) is 6.54. The maximum atomic E-state index is 14.0. The molecule has 2 amide bonds. The van der Waals surface area contributed by atoms with Gasteiger partial charge >= 0.3 is 5.97 Å². The Balaban J connectivity index is 2.11. The van der Waals surface area contributed by atoms with Gasteiger partial charge in [0.15, 0.2) is 0 Å². The summed E-state index contributed by atoms with van der Waals surface area (Å²) < 4.78 is 5.36. The second kappa shape index (κ2) is 10.1. The molecule has 2 aliphatic rings. The Labute approximate surface area is 196 Å². The number of aliphatic hydroxyl groups excluding tert-OH is 1. The Kier molecular flexibility index (Phi) is 7.62. The van der Waals surface area contributed by atoms with Crippen LogP contribution in [0.15, 0.2) is 42.5 Å². The van der Waals surface area contributed by atoms with Crippen LogP contribution in [0.5, 0.6) is 0 Å². The second-order valence-electron chi connectivity index (χ2n) is 9.88. The highest BCUT2D eigenvalue weighted by molar-refractivity contribution is 5.96. The van der Waals surface area contributed by atoms with E-state index in [0.717, 1.165) is 5.56 Å². The summed E-state index contributed by atoms with van der Waals surface area (Å²) in [7, 11) is 0. The SMILES string of the molecule is CCOC(=O)[C@H]1[C@@H]2C(=O)N([C@H](CO)c3ccccc3)[C@H](C(=O)NC(C)(C)C)[C@H]2C=C[C@H]1CC. The van der Waals surface area contributed by atoms with Crippen LogP contribution in [0.4, 0.5) is 0 Å². The maximum absolute atomic E-state index is 14.0. The van der Waals surface area contributed by atoms with E-state index in [9.17, 15) is 19.5 Å². The Bertz CT molecular complexity index is 892. The number of nitrogens with one attached hydrogen (secondary N) is 1. The summed E-state index contributed by atoms with van der Waals surface area (Å²) in [6, 6.07) is 7.67. The Morgan fingerprint density at radius 1 is 1.15 bits per heavy atom. The van der Waals surface area contributed by atoms with Crippen molar-refractivity contribution in [1.29, 1.82) is 0 Å². The highest BCUT2D eigenvalue weighted by Gasteiger charge is 2.59. The summed E-state index contributed by atoms with van der Waals surface area (Å²) in [5.74, 6) is -3.01. The summed E-state index contributed by atoms with van der Waals surface area (Å²) in [4.78, 5) is 42.0. The molecular formula is C26H36N2O5. The van der Waals surface area contributed by atoms with Crippen molar-refractivity contribution in [3.63, 3.8) is 0 Å². The average Bonchev–Trinajstić information content (AvgIpc) is 3.06. The number of benzene rings is 1. The average molecular weight is 457 g/mol. The van der Waals surface area contributed by atoms with E-state index in [1.165, 1.54) is 4.90 Å². The number of aliphatic hydroxyl groups is 1. The van der Waals surface area contributed by atoms with Gasteiger partial charge < -0.3 is 20.1 Å². The highest BCUT2D eigenvalue weighted by Crippen LogP contribution is 2.47. The number of ether oxygens (including phenoxy) is 1. The molecule has 7 heteroatoms. The van der Waals surface area contributed by atoms with E-state index in [-0.39, 0.29) is 30.9 Å². The molecule has 1 fully saturated rings. The minimum Gasteiger partial charge on any atom is -0.466 e. The van der Waals surface area contributed by atoms with Gasteiger partial charge in [0.2, 0.25) is 11.8 Å². The zero-order valence-corrected chi connectivity index (χ0v) is 20.2. The van der Waals surface area contributed by atoms with E-state index in [1.807, 2.05) is 70.2 Å². The lowest BCUT2D eigenvalue weighted by atomic mass is 9.69. The zero-order valence-electron chi connectivity index (χ0n) is 20.2. The number of nitrogens with zero attached hydrogens (tertiary/aromatic N) is 1. The summed E-state index contributed by atoms with van der Waals surface area (Å²) in [5, 5.41) is 13.4. The molecule has 33 heavy (non-hydrogen) atoms. The molecule has 0 radical (unpaired) electrons. The molecule has 1 heterocycles. The lowest BCUT2D eigenvalue weighted by molar-refractivity contribution is -0.156. The van der Waals surface area contributed by atoms with E-state index < -0.39 is 41.3 Å². The normalized spacial score (nSPS) is 27.8. The van der Waals surface area contributed by atoms with Gasteiger partial charge in [-0.15, -0.1) is 0 Å². The quantitative estimate of drug-likeness (QED) is 0.486. The van der Waals surface area contributed by atoms with Crippen LogP contribution < -0.4 is 5.32 Å². The lowest BCUT2D eigenvalue weighted by Crippen LogP contribution is -2.53.